The molecule has 24 heavy (non-hydrogen) atoms. The molecule has 128 valence electrons. The maximum absolute atomic E-state index is 12.6. The number of piperidine rings is 1. The first-order valence-electron chi connectivity index (χ1n) is 7.95. The smallest absolute Gasteiger partial charge is 0.276 e. The van der Waals surface area contributed by atoms with Crippen LogP contribution >= 0.6 is 0 Å². The van der Waals surface area contributed by atoms with Crippen LogP contribution in [0.1, 0.15) is 36.8 Å². The molecule has 0 bridgehead atoms. The van der Waals surface area contributed by atoms with Gasteiger partial charge in [-0.1, -0.05) is 12.1 Å². The van der Waals surface area contributed by atoms with E-state index in [0.717, 1.165) is 22.7 Å². The van der Waals surface area contributed by atoms with Crippen molar-refractivity contribution in [3.05, 3.63) is 35.4 Å². The predicted molar refractivity (Wildman–Crippen MR) is 87.6 cm³/mol. The van der Waals surface area contributed by atoms with Crippen molar-refractivity contribution in [2.45, 2.75) is 31.2 Å². The van der Waals surface area contributed by atoms with Crippen molar-refractivity contribution in [1.29, 1.82) is 5.26 Å². The lowest BCUT2D eigenvalue weighted by molar-refractivity contribution is -0.127. The summed E-state index contributed by atoms with van der Waals surface area (Å²) in [6, 6.07) is 9.35. The van der Waals surface area contributed by atoms with Crippen LogP contribution < -0.4 is 10.5 Å². The highest BCUT2D eigenvalue weighted by Gasteiger charge is 2.47. The summed E-state index contributed by atoms with van der Waals surface area (Å²) in [5, 5.41) is 17.3. The molecule has 3 rings (SSSR count). The largest absolute Gasteiger partial charge is 0.346 e. The van der Waals surface area contributed by atoms with Gasteiger partial charge in [-0.3, -0.25) is 4.79 Å². The minimum atomic E-state index is -3.76. The summed E-state index contributed by atoms with van der Waals surface area (Å²) >= 11 is 0. The molecule has 0 aromatic heterocycles. The zero-order valence-corrected chi connectivity index (χ0v) is 14.1. The monoisotopic (exact) mass is 348 g/mol. The minimum Gasteiger partial charge on any atom is -0.346 e. The molecule has 1 saturated heterocycles. The van der Waals surface area contributed by atoms with E-state index in [1.54, 1.807) is 12.1 Å². The van der Waals surface area contributed by atoms with Gasteiger partial charge in [-0.15, -0.1) is 0 Å². The second-order valence-corrected chi connectivity index (χ2v) is 8.05. The maximum atomic E-state index is 12.6. The van der Waals surface area contributed by atoms with Crippen LogP contribution in [0.25, 0.3) is 0 Å². The summed E-state index contributed by atoms with van der Waals surface area (Å²) in [5.74, 6) is -0.545. The number of amides is 1. The fourth-order valence-corrected chi connectivity index (χ4v) is 3.99. The van der Waals surface area contributed by atoms with E-state index in [4.69, 9.17) is 10.4 Å². The lowest BCUT2D eigenvalue weighted by Crippen LogP contribution is -2.49. The Labute approximate surface area is 141 Å². The van der Waals surface area contributed by atoms with Gasteiger partial charge in [0.2, 0.25) is 5.91 Å². The highest BCUT2D eigenvalue weighted by molar-refractivity contribution is 7.86. The SMILES string of the molecule is N#Cc1cccc(C2(NC(=O)C3CCCN(S(N)(=O)=O)C3)CC2)c1. The zero-order chi connectivity index (χ0) is 17.4. The maximum Gasteiger partial charge on any atom is 0.276 e. The summed E-state index contributed by atoms with van der Waals surface area (Å²) < 4.78 is 24.1. The Morgan fingerprint density at radius 1 is 1.42 bits per heavy atom. The van der Waals surface area contributed by atoms with Gasteiger partial charge in [0.15, 0.2) is 0 Å². The molecule has 0 radical (unpaired) electrons. The molecule has 1 unspecified atom stereocenters. The Morgan fingerprint density at radius 3 is 2.79 bits per heavy atom. The van der Waals surface area contributed by atoms with Crippen molar-refractivity contribution >= 4 is 16.1 Å². The number of rotatable bonds is 4. The van der Waals surface area contributed by atoms with Crippen LogP contribution in [0.4, 0.5) is 0 Å². The van der Waals surface area contributed by atoms with E-state index in [1.807, 2.05) is 12.1 Å². The van der Waals surface area contributed by atoms with E-state index in [2.05, 4.69) is 11.4 Å². The Kier molecular flexibility index (Phi) is 4.34. The molecule has 0 spiro atoms. The van der Waals surface area contributed by atoms with Crippen LogP contribution in [0, 0.1) is 17.2 Å². The van der Waals surface area contributed by atoms with Gasteiger partial charge in [-0.25, -0.2) is 5.14 Å². The molecule has 1 amide bonds. The van der Waals surface area contributed by atoms with E-state index in [-0.39, 0.29) is 12.5 Å². The normalized spacial score (nSPS) is 23.2. The lowest BCUT2D eigenvalue weighted by Gasteiger charge is -2.31. The third kappa shape index (κ3) is 3.43. The first-order valence-corrected chi connectivity index (χ1v) is 9.45. The quantitative estimate of drug-likeness (QED) is 0.827. The van der Waals surface area contributed by atoms with Crippen molar-refractivity contribution in [2.24, 2.45) is 11.1 Å². The Hall–Kier alpha value is -1.95. The van der Waals surface area contributed by atoms with Crippen molar-refractivity contribution in [3.8, 4) is 6.07 Å². The van der Waals surface area contributed by atoms with Gasteiger partial charge in [0.1, 0.15) is 0 Å². The molecule has 3 N–H and O–H groups in total. The molecular weight excluding hydrogens is 328 g/mol. The van der Waals surface area contributed by atoms with E-state index in [9.17, 15) is 13.2 Å². The first kappa shape index (κ1) is 16.9. The van der Waals surface area contributed by atoms with Crippen molar-refractivity contribution in [2.75, 3.05) is 13.1 Å². The standard InChI is InChI=1S/C16H20N4O3S/c17-10-12-3-1-5-14(9-12)16(6-7-16)19-15(21)13-4-2-8-20(11-13)24(18,22)23/h1,3,5,9,13H,2,4,6-8,11H2,(H,19,21)(H2,18,22,23). The van der Waals surface area contributed by atoms with E-state index < -0.39 is 21.7 Å². The number of carbonyl (C=O) groups excluding carboxylic acids is 1. The van der Waals surface area contributed by atoms with E-state index >= 15 is 0 Å². The molecular formula is C16H20N4O3S. The predicted octanol–water partition coefficient (Wildman–Crippen LogP) is 0.579. The van der Waals surface area contributed by atoms with Gasteiger partial charge in [-0.05, 0) is 43.4 Å². The summed E-state index contributed by atoms with van der Waals surface area (Å²) in [4.78, 5) is 12.6. The second-order valence-electron chi connectivity index (χ2n) is 6.51. The average molecular weight is 348 g/mol. The molecule has 1 saturated carbocycles. The molecule has 1 aromatic rings. The molecule has 2 fully saturated rings. The Balaban J connectivity index is 1.71. The molecule has 1 aromatic carbocycles. The zero-order valence-electron chi connectivity index (χ0n) is 13.2. The van der Waals surface area contributed by atoms with Gasteiger partial charge in [-0.2, -0.15) is 18.0 Å². The number of nitrogens with zero attached hydrogens (tertiary/aromatic N) is 2. The summed E-state index contributed by atoms with van der Waals surface area (Å²) in [5.41, 5.74) is 1.06. The van der Waals surface area contributed by atoms with Crippen molar-refractivity contribution in [3.63, 3.8) is 0 Å². The van der Waals surface area contributed by atoms with Gasteiger partial charge in [0.05, 0.1) is 23.1 Å². The molecule has 1 heterocycles. The number of benzene rings is 1. The summed E-state index contributed by atoms with van der Waals surface area (Å²) in [6.45, 7) is 0.483. The van der Waals surface area contributed by atoms with Crippen molar-refractivity contribution in [1.82, 2.24) is 9.62 Å². The van der Waals surface area contributed by atoms with Crippen LogP contribution in [-0.4, -0.2) is 31.7 Å². The third-order valence-corrected chi connectivity index (χ3v) is 5.82. The molecule has 7 nitrogen and oxygen atoms in total. The van der Waals surface area contributed by atoms with Gasteiger partial charge in [0.25, 0.3) is 10.2 Å². The minimum absolute atomic E-state index is 0.124. The molecule has 8 heteroatoms. The van der Waals surface area contributed by atoms with Gasteiger partial charge < -0.3 is 5.32 Å². The number of hydrogen-bond acceptors (Lipinski definition) is 4. The Morgan fingerprint density at radius 2 is 2.17 bits per heavy atom. The molecule has 1 aliphatic heterocycles. The summed E-state index contributed by atoms with van der Waals surface area (Å²) in [7, 11) is -3.76. The number of nitriles is 1. The Bertz CT molecular complexity index is 796. The van der Waals surface area contributed by atoms with Crippen LogP contribution in [0.2, 0.25) is 0 Å². The second kappa shape index (κ2) is 6.16. The van der Waals surface area contributed by atoms with Crippen LogP contribution in [0.5, 0.6) is 0 Å². The average Bonchev–Trinajstić information content (AvgIpc) is 3.35. The van der Waals surface area contributed by atoms with E-state index in [0.29, 0.717) is 24.9 Å². The number of nitrogens with two attached hydrogens (primary N) is 1. The van der Waals surface area contributed by atoms with Crippen LogP contribution in [-0.2, 0) is 20.5 Å². The highest BCUT2D eigenvalue weighted by atomic mass is 32.2. The van der Waals surface area contributed by atoms with Gasteiger partial charge in [0, 0.05) is 13.1 Å². The lowest BCUT2D eigenvalue weighted by atomic mass is 9.96. The molecule has 2 aliphatic rings. The number of nitrogens with one attached hydrogen (secondary N) is 1. The van der Waals surface area contributed by atoms with Gasteiger partial charge >= 0.3 is 0 Å². The summed E-state index contributed by atoms with van der Waals surface area (Å²) in [6.07, 6.45) is 2.90. The van der Waals surface area contributed by atoms with E-state index in [1.165, 1.54) is 0 Å². The fraction of sp³-hybridized carbons (Fsp3) is 0.500. The topological polar surface area (TPSA) is 116 Å². The van der Waals surface area contributed by atoms with Crippen molar-refractivity contribution < 1.29 is 13.2 Å². The highest BCUT2D eigenvalue weighted by Crippen LogP contribution is 2.46. The number of carbonyl (C=O) groups is 1. The molecule has 1 atom stereocenters. The number of hydrogen-bond donors (Lipinski definition) is 2. The van der Waals surface area contributed by atoms with Crippen LogP contribution in [0.15, 0.2) is 24.3 Å². The third-order valence-electron chi connectivity index (χ3n) is 4.77. The fourth-order valence-electron chi connectivity index (χ4n) is 3.22. The molecule has 1 aliphatic carbocycles. The first-order chi connectivity index (χ1) is 11.3. The van der Waals surface area contributed by atoms with Crippen LogP contribution in [0.3, 0.4) is 0 Å².